The van der Waals surface area contributed by atoms with Crippen LogP contribution in [0.1, 0.15) is 6.92 Å². The Labute approximate surface area is 78.2 Å². The first-order chi connectivity index (χ1) is 5.36. The second kappa shape index (κ2) is 5.60. The van der Waals surface area contributed by atoms with Crippen LogP contribution in [0.15, 0.2) is 12.3 Å². The van der Waals surface area contributed by atoms with Gasteiger partial charge in [0.25, 0.3) is 0 Å². The van der Waals surface area contributed by atoms with Gasteiger partial charge in [-0.1, -0.05) is 0 Å². The standard InChI is InChI=1S/C7H12N4.ClH/c1-3-9-7-10-5-4-6(8-2)11-7;/h4-5H,3H2,1-2H3,(H2,8,9,10,11);1H. The molecule has 4 nitrogen and oxygen atoms in total. The first-order valence-electron chi connectivity index (χ1n) is 3.61. The second-order valence-corrected chi connectivity index (χ2v) is 2.05. The van der Waals surface area contributed by atoms with E-state index in [-0.39, 0.29) is 12.4 Å². The molecule has 1 heterocycles. The fraction of sp³-hybridized carbons (Fsp3) is 0.429. The third-order valence-electron chi connectivity index (χ3n) is 1.25. The molecule has 1 rings (SSSR count). The molecular formula is C7H13ClN4. The van der Waals surface area contributed by atoms with Crippen molar-refractivity contribution in [2.75, 3.05) is 24.2 Å². The van der Waals surface area contributed by atoms with Crippen molar-refractivity contribution >= 4 is 24.2 Å². The highest BCUT2D eigenvalue weighted by molar-refractivity contribution is 5.85. The summed E-state index contributed by atoms with van der Waals surface area (Å²) >= 11 is 0. The van der Waals surface area contributed by atoms with Gasteiger partial charge in [-0.05, 0) is 13.0 Å². The zero-order valence-electron chi connectivity index (χ0n) is 7.16. The van der Waals surface area contributed by atoms with Crippen molar-refractivity contribution in [3.8, 4) is 0 Å². The fourth-order valence-corrected chi connectivity index (χ4v) is 0.741. The molecule has 0 aliphatic carbocycles. The maximum atomic E-state index is 4.15. The molecule has 68 valence electrons. The van der Waals surface area contributed by atoms with Gasteiger partial charge in [-0.25, -0.2) is 4.98 Å². The van der Waals surface area contributed by atoms with Crippen molar-refractivity contribution < 1.29 is 0 Å². The van der Waals surface area contributed by atoms with Crippen LogP contribution in [0.4, 0.5) is 11.8 Å². The molecule has 0 aliphatic rings. The minimum atomic E-state index is 0. The predicted octanol–water partition coefficient (Wildman–Crippen LogP) is 1.37. The lowest BCUT2D eigenvalue weighted by Gasteiger charge is -2.02. The van der Waals surface area contributed by atoms with Gasteiger partial charge in [0.2, 0.25) is 5.95 Å². The number of nitrogens with zero attached hydrogens (tertiary/aromatic N) is 2. The zero-order valence-corrected chi connectivity index (χ0v) is 7.98. The van der Waals surface area contributed by atoms with Crippen LogP contribution >= 0.6 is 12.4 Å². The van der Waals surface area contributed by atoms with Crippen LogP contribution in [-0.4, -0.2) is 23.6 Å². The van der Waals surface area contributed by atoms with Crippen LogP contribution in [0.5, 0.6) is 0 Å². The predicted molar refractivity (Wildman–Crippen MR) is 53.0 cm³/mol. The Hall–Kier alpha value is -1.03. The normalized spacial score (nSPS) is 8.50. The summed E-state index contributed by atoms with van der Waals surface area (Å²) in [7, 11) is 1.83. The van der Waals surface area contributed by atoms with E-state index in [0.29, 0.717) is 5.95 Å². The number of nitrogens with one attached hydrogen (secondary N) is 2. The Morgan fingerprint density at radius 1 is 1.50 bits per heavy atom. The van der Waals surface area contributed by atoms with Gasteiger partial charge in [0.1, 0.15) is 5.82 Å². The van der Waals surface area contributed by atoms with Gasteiger partial charge >= 0.3 is 0 Å². The summed E-state index contributed by atoms with van der Waals surface area (Å²) in [6.45, 7) is 2.85. The number of rotatable bonds is 3. The van der Waals surface area contributed by atoms with E-state index in [1.54, 1.807) is 6.20 Å². The summed E-state index contributed by atoms with van der Waals surface area (Å²) < 4.78 is 0. The zero-order chi connectivity index (χ0) is 8.10. The highest BCUT2D eigenvalue weighted by Crippen LogP contribution is 2.03. The van der Waals surface area contributed by atoms with Gasteiger partial charge in [-0.15, -0.1) is 12.4 Å². The monoisotopic (exact) mass is 188 g/mol. The molecule has 0 aliphatic heterocycles. The Bertz CT molecular complexity index is 228. The lowest BCUT2D eigenvalue weighted by molar-refractivity contribution is 1.08. The number of anilines is 2. The van der Waals surface area contributed by atoms with Crippen molar-refractivity contribution in [1.29, 1.82) is 0 Å². The Balaban J connectivity index is 0.00000121. The number of hydrogen-bond acceptors (Lipinski definition) is 4. The van der Waals surface area contributed by atoms with Crippen LogP contribution in [0.2, 0.25) is 0 Å². The maximum Gasteiger partial charge on any atom is 0.224 e. The molecule has 0 aromatic carbocycles. The SMILES string of the molecule is CCNc1nccc(NC)n1.Cl. The molecule has 0 radical (unpaired) electrons. The van der Waals surface area contributed by atoms with Crippen molar-refractivity contribution in [1.82, 2.24) is 9.97 Å². The van der Waals surface area contributed by atoms with E-state index in [4.69, 9.17) is 0 Å². The van der Waals surface area contributed by atoms with Gasteiger partial charge in [0.15, 0.2) is 0 Å². The number of hydrogen-bond donors (Lipinski definition) is 2. The highest BCUT2D eigenvalue weighted by Gasteiger charge is 1.93. The molecule has 0 saturated carbocycles. The average molecular weight is 189 g/mol. The van der Waals surface area contributed by atoms with Gasteiger partial charge in [0, 0.05) is 19.8 Å². The Kier molecular flexibility index (Phi) is 5.12. The molecule has 0 amide bonds. The van der Waals surface area contributed by atoms with Crippen LogP contribution in [0, 0.1) is 0 Å². The molecule has 1 aromatic heterocycles. The molecule has 12 heavy (non-hydrogen) atoms. The van der Waals surface area contributed by atoms with E-state index >= 15 is 0 Å². The molecule has 0 unspecified atom stereocenters. The molecule has 0 saturated heterocycles. The maximum absolute atomic E-state index is 4.15. The van der Waals surface area contributed by atoms with Gasteiger partial charge in [-0.3, -0.25) is 0 Å². The molecule has 0 bridgehead atoms. The van der Waals surface area contributed by atoms with E-state index in [1.807, 2.05) is 20.0 Å². The summed E-state index contributed by atoms with van der Waals surface area (Å²) in [5.41, 5.74) is 0. The molecule has 0 spiro atoms. The van der Waals surface area contributed by atoms with Crippen molar-refractivity contribution in [3.63, 3.8) is 0 Å². The van der Waals surface area contributed by atoms with Gasteiger partial charge in [-0.2, -0.15) is 4.98 Å². The second-order valence-electron chi connectivity index (χ2n) is 2.05. The van der Waals surface area contributed by atoms with E-state index < -0.39 is 0 Å². The largest absolute Gasteiger partial charge is 0.373 e. The first-order valence-corrected chi connectivity index (χ1v) is 3.61. The number of aromatic nitrogens is 2. The first kappa shape index (κ1) is 11.0. The lowest BCUT2D eigenvalue weighted by atomic mass is 10.6. The summed E-state index contributed by atoms with van der Waals surface area (Å²) in [4.78, 5) is 8.16. The van der Waals surface area contributed by atoms with E-state index in [9.17, 15) is 0 Å². The van der Waals surface area contributed by atoms with Crippen LogP contribution in [-0.2, 0) is 0 Å². The smallest absolute Gasteiger partial charge is 0.224 e. The van der Waals surface area contributed by atoms with Crippen molar-refractivity contribution in [2.45, 2.75) is 6.92 Å². The molecule has 5 heteroatoms. The summed E-state index contributed by atoms with van der Waals surface area (Å²) in [6.07, 6.45) is 1.72. The quantitative estimate of drug-likeness (QED) is 0.753. The fourth-order valence-electron chi connectivity index (χ4n) is 0.741. The molecule has 1 aromatic rings. The third kappa shape index (κ3) is 2.92. The number of halogens is 1. The third-order valence-corrected chi connectivity index (χ3v) is 1.25. The van der Waals surface area contributed by atoms with E-state index in [0.717, 1.165) is 12.4 Å². The minimum absolute atomic E-state index is 0. The Morgan fingerprint density at radius 3 is 2.83 bits per heavy atom. The molecule has 2 N–H and O–H groups in total. The van der Waals surface area contributed by atoms with Gasteiger partial charge < -0.3 is 10.6 Å². The molecular weight excluding hydrogens is 176 g/mol. The van der Waals surface area contributed by atoms with E-state index in [1.165, 1.54) is 0 Å². The average Bonchev–Trinajstić information content (AvgIpc) is 2.06. The molecule has 0 fully saturated rings. The summed E-state index contributed by atoms with van der Waals surface area (Å²) in [5, 5.41) is 5.95. The van der Waals surface area contributed by atoms with Crippen LogP contribution < -0.4 is 10.6 Å². The lowest BCUT2D eigenvalue weighted by Crippen LogP contribution is -2.03. The Morgan fingerprint density at radius 2 is 2.25 bits per heavy atom. The summed E-state index contributed by atoms with van der Waals surface area (Å²) in [6, 6.07) is 1.82. The van der Waals surface area contributed by atoms with Crippen molar-refractivity contribution in [3.05, 3.63) is 12.3 Å². The topological polar surface area (TPSA) is 49.8 Å². The van der Waals surface area contributed by atoms with Crippen molar-refractivity contribution in [2.24, 2.45) is 0 Å². The highest BCUT2D eigenvalue weighted by atomic mass is 35.5. The van der Waals surface area contributed by atoms with E-state index in [2.05, 4.69) is 20.6 Å². The summed E-state index contributed by atoms with van der Waals surface area (Å²) in [5.74, 6) is 1.50. The minimum Gasteiger partial charge on any atom is -0.373 e. The van der Waals surface area contributed by atoms with Gasteiger partial charge in [0.05, 0.1) is 0 Å². The van der Waals surface area contributed by atoms with Crippen LogP contribution in [0.25, 0.3) is 0 Å². The molecule has 0 atom stereocenters. The van der Waals surface area contributed by atoms with Crippen LogP contribution in [0.3, 0.4) is 0 Å².